The summed E-state index contributed by atoms with van der Waals surface area (Å²) in [6.07, 6.45) is 4.58. The van der Waals surface area contributed by atoms with Gasteiger partial charge in [0.1, 0.15) is 26.4 Å². The van der Waals surface area contributed by atoms with Gasteiger partial charge in [-0.2, -0.15) is 0 Å². The van der Waals surface area contributed by atoms with E-state index < -0.39 is 32.1 Å². The number of carbonyl (C=O) groups excluding carboxylic acids is 4. The average Bonchev–Trinajstić information content (AvgIpc) is 2.91. The van der Waals surface area contributed by atoms with E-state index in [2.05, 4.69) is 6.58 Å². The van der Waals surface area contributed by atoms with Gasteiger partial charge < -0.3 is 32.2 Å². The highest BCUT2D eigenvalue weighted by molar-refractivity contribution is 6.60. The van der Waals surface area contributed by atoms with Crippen molar-refractivity contribution >= 4 is 32.7 Å². The summed E-state index contributed by atoms with van der Waals surface area (Å²) in [5.41, 5.74) is -0.952. The smallest absolute Gasteiger partial charge is 0.462 e. The molecule has 0 aromatic rings. The van der Waals surface area contributed by atoms with Crippen molar-refractivity contribution < 1.29 is 51.4 Å². The molecule has 0 radical (unpaired) electrons. The maximum Gasteiger partial charge on any atom is 0.500 e. The van der Waals surface area contributed by atoms with Crippen molar-refractivity contribution in [1.82, 2.24) is 0 Å². The molecule has 0 spiro atoms. The molecule has 0 aromatic heterocycles. The van der Waals surface area contributed by atoms with Crippen LogP contribution in [0.25, 0.3) is 0 Å². The molecule has 0 N–H and O–H groups in total. The van der Waals surface area contributed by atoms with E-state index in [4.69, 9.17) is 32.2 Å². The molecule has 12 heteroatoms. The third-order valence-electron chi connectivity index (χ3n) is 5.85. The molecule has 11 nitrogen and oxygen atoms in total. The lowest BCUT2D eigenvalue weighted by atomic mass is 9.86. The normalized spacial score (nSPS) is 11.6. The molecule has 0 heterocycles. The number of carbonyl (C=O) groups is 4. The molecule has 0 saturated heterocycles. The second-order valence-electron chi connectivity index (χ2n) is 10.0. The molecule has 41 heavy (non-hydrogen) atoms. The SMILES string of the molecule is C=C(CC(C)(C)C(=O)OCCOC(=O)CCCCC)C(=O)OCCOC(=O)CCCC[Si](OCC)(OCC)OCC. The van der Waals surface area contributed by atoms with Gasteiger partial charge in [0, 0.05) is 44.3 Å². The molecule has 0 rings (SSSR count). The van der Waals surface area contributed by atoms with Crippen LogP contribution in [-0.4, -0.2) is 78.9 Å². The van der Waals surface area contributed by atoms with Gasteiger partial charge in [0.15, 0.2) is 0 Å². The van der Waals surface area contributed by atoms with Gasteiger partial charge in [-0.25, -0.2) is 4.79 Å². The van der Waals surface area contributed by atoms with Crippen LogP contribution in [0.2, 0.25) is 6.04 Å². The van der Waals surface area contributed by atoms with Gasteiger partial charge in [-0.15, -0.1) is 0 Å². The fraction of sp³-hybridized carbons (Fsp3) is 0.793. The second kappa shape index (κ2) is 22.3. The van der Waals surface area contributed by atoms with E-state index in [-0.39, 0.29) is 50.8 Å². The summed E-state index contributed by atoms with van der Waals surface area (Å²) in [5.74, 6) is -1.95. The number of hydrogen-bond acceptors (Lipinski definition) is 11. The lowest BCUT2D eigenvalue weighted by Gasteiger charge is -2.28. The summed E-state index contributed by atoms with van der Waals surface area (Å²) in [6, 6.07) is 0.617. The van der Waals surface area contributed by atoms with E-state index in [0.29, 0.717) is 45.1 Å². The predicted molar refractivity (Wildman–Crippen MR) is 155 cm³/mol. The lowest BCUT2D eigenvalue weighted by molar-refractivity contribution is -0.159. The average molecular weight is 605 g/mol. The van der Waals surface area contributed by atoms with E-state index >= 15 is 0 Å². The van der Waals surface area contributed by atoms with Crippen molar-refractivity contribution in [3.8, 4) is 0 Å². The van der Waals surface area contributed by atoms with Crippen LogP contribution in [0.4, 0.5) is 0 Å². The summed E-state index contributed by atoms with van der Waals surface area (Å²) >= 11 is 0. The summed E-state index contributed by atoms with van der Waals surface area (Å²) in [7, 11) is -2.73. The van der Waals surface area contributed by atoms with Gasteiger partial charge in [-0.1, -0.05) is 26.3 Å². The molecule has 0 amide bonds. The van der Waals surface area contributed by atoms with Crippen molar-refractivity contribution in [2.45, 2.75) is 99.0 Å². The summed E-state index contributed by atoms with van der Waals surface area (Å²) in [6.45, 7) is 15.9. The molecule has 0 bridgehead atoms. The Bertz CT molecular complexity index is 781. The largest absolute Gasteiger partial charge is 0.500 e. The first-order valence-corrected chi connectivity index (χ1v) is 16.6. The Hall–Kier alpha value is -2.28. The molecule has 0 fully saturated rings. The van der Waals surface area contributed by atoms with Gasteiger partial charge in [-0.05, 0) is 60.3 Å². The molecule has 0 unspecified atom stereocenters. The molecule has 0 saturated carbocycles. The monoisotopic (exact) mass is 604 g/mol. The second-order valence-corrected chi connectivity index (χ2v) is 12.8. The maximum atomic E-state index is 12.4. The van der Waals surface area contributed by atoms with Crippen molar-refractivity contribution in [3.05, 3.63) is 12.2 Å². The van der Waals surface area contributed by atoms with Gasteiger partial charge in [0.05, 0.1) is 5.41 Å². The van der Waals surface area contributed by atoms with Crippen LogP contribution in [0.3, 0.4) is 0 Å². The van der Waals surface area contributed by atoms with Gasteiger partial charge in [0.25, 0.3) is 0 Å². The number of unbranched alkanes of at least 4 members (excludes halogenated alkanes) is 3. The zero-order chi connectivity index (χ0) is 31.2. The first-order valence-electron chi connectivity index (χ1n) is 14.7. The molecule has 0 aliphatic heterocycles. The van der Waals surface area contributed by atoms with Crippen molar-refractivity contribution in [2.75, 3.05) is 46.2 Å². The molecule has 0 aromatic carbocycles. The van der Waals surface area contributed by atoms with Gasteiger partial charge in [-0.3, -0.25) is 14.4 Å². The third kappa shape index (κ3) is 18.0. The van der Waals surface area contributed by atoms with E-state index in [1.54, 1.807) is 13.8 Å². The third-order valence-corrected chi connectivity index (χ3v) is 9.00. The standard InChI is InChI=1S/C29H52O11Si/c1-8-12-13-16-25(30)35-19-21-37-28(33)29(6,7)23-24(5)27(32)36-20-18-34-26(31)17-14-15-22-41(38-9-2,39-10-3)40-11-4/h5,8-23H2,1-4,6-7H3. The van der Waals surface area contributed by atoms with Crippen LogP contribution in [0, 0.1) is 5.41 Å². The Morgan fingerprint density at radius 3 is 1.61 bits per heavy atom. The van der Waals surface area contributed by atoms with Crippen molar-refractivity contribution in [2.24, 2.45) is 5.41 Å². The number of rotatable bonds is 25. The number of hydrogen-bond donors (Lipinski definition) is 0. The minimum absolute atomic E-state index is 0.0112. The Labute approximate surface area is 246 Å². The van der Waals surface area contributed by atoms with Crippen LogP contribution >= 0.6 is 0 Å². The van der Waals surface area contributed by atoms with Crippen LogP contribution in [0.5, 0.6) is 0 Å². The topological polar surface area (TPSA) is 133 Å². The fourth-order valence-corrected chi connectivity index (χ4v) is 6.52. The fourth-order valence-electron chi connectivity index (χ4n) is 3.83. The maximum absolute atomic E-state index is 12.4. The van der Waals surface area contributed by atoms with Crippen LogP contribution in [0.15, 0.2) is 12.2 Å². The Morgan fingerprint density at radius 1 is 0.659 bits per heavy atom. The first kappa shape index (κ1) is 38.7. The minimum Gasteiger partial charge on any atom is -0.462 e. The lowest BCUT2D eigenvalue weighted by Crippen LogP contribution is -2.45. The summed E-state index contributed by atoms with van der Waals surface area (Å²) < 4.78 is 37.9. The van der Waals surface area contributed by atoms with Gasteiger partial charge in [0.2, 0.25) is 0 Å². The molecule has 238 valence electrons. The zero-order valence-electron chi connectivity index (χ0n) is 26.0. The minimum atomic E-state index is -2.73. The van der Waals surface area contributed by atoms with E-state index in [1.165, 1.54) is 0 Å². The Balaban J connectivity index is 4.24. The van der Waals surface area contributed by atoms with E-state index in [9.17, 15) is 19.2 Å². The van der Waals surface area contributed by atoms with Gasteiger partial charge >= 0.3 is 32.7 Å². The first-order chi connectivity index (χ1) is 19.5. The van der Waals surface area contributed by atoms with Crippen molar-refractivity contribution in [3.63, 3.8) is 0 Å². The molecule has 0 atom stereocenters. The Morgan fingerprint density at radius 2 is 1.12 bits per heavy atom. The molecule has 0 aliphatic rings. The number of esters is 4. The highest BCUT2D eigenvalue weighted by atomic mass is 28.4. The predicted octanol–water partition coefficient (Wildman–Crippen LogP) is 4.93. The van der Waals surface area contributed by atoms with Crippen LogP contribution in [0.1, 0.15) is 92.9 Å². The number of ether oxygens (including phenoxy) is 4. The Kier molecular flexibility index (Phi) is 21.1. The van der Waals surface area contributed by atoms with Crippen LogP contribution < -0.4 is 0 Å². The zero-order valence-corrected chi connectivity index (χ0v) is 27.0. The molecular weight excluding hydrogens is 552 g/mol. The van der Waals surface area contributed by atoms with Crippen molar-refractivity contribution in [1.29, 1.82) is 0 Å². The molecule has 0 aliphatic carbocycles. The quantitative estimate of drug-likeness (QED) is 0.0462. The summed E-state index contributed by atoms with van der Waals surface area (Å²) in [4.78, 5) is 48.4. The van der Waals surface area contributed by atoms with E-state index in [0.717, 1.165) is 19.3 Å². The van der Waals surface area contributed by atoms with E-state index in [1.807, 2.05) is 27.7 Å². The summed E-state index contributed by atoms with van der Waals surface area (Å²) in [5, 5.41) is 0. The highest BCUT2D eigenvalue weighted by Gasteiger charge is 2.39. The molecular formula is C29H52O11Si. The van der Waals surface area contributed by atoms with Crippen LogP contribution in [-0.2, 0) is 51.4 Å². The highest BCUT2D eigenvalue weighted by Crippen LogP contribution is 2.27.